The molecule has 0 aromatic heterocycles. The first-order chi connectivity index (χ1) is 6.75. The smallest absolute Gasteiger partial charge is 0.121 e. The molecule has 0 N–H and O–H groups in total. The molecule has 0 saturated heterocycles. The molecule has 0 radical (unpaired) electrons. The van der Waals surface area contributed by atoms with E-state index in [9.17, 15) is 4.79 Å². The average molecular weight is 191 g/mol. The summed E-state index contributed by atoms with van der Waals surface area (Å²) in [5.41, 5.74) is 1.18. The highest BCUT2D eigenvalue weighted by atomic mass is 16.1. The third-order valence-corrected chi connectivity index (χ3v) is 2.20. The fraction of sp³-hybridized carbons (Fsp3) is 0.417. The van der Waals surface area contributed by atoms with Gasteiger partial charge >= 0.3 is 0 Å². The van der Waals surface area contributed by atoms with E-state index in [1.165, 1.54) is 5.69 Å². The van der Waals surface area contributed by atoms with Crippen LogP contribution in [0.25, 0.3) is 0 Å². The molecule has 2 nitrogen and oxygen atoms in total. The fourth-order valence-electron chi connectivity index (χ4n) is 1.50. The van der Waals surface area contributed by atoms with Crippen LogP contribution in [-0.2, 0) is 4.79 Å². The van der Waals surface area contributed by atoms with Gasteiger partial charge in [-0.3, -0.25) is 0 Å². The standard InChI is InChI=1S/C12H17NO/c1-11(2)13(9-6-10-14)12-7-4-3-5-8-12/h3-5,7-8,10-11H,6,9H2,1-2H3. The zero-order valence-corrected chi connectivity index (χ0v) is 8.81. The Hall–Kier alpha value is -1.31. The van der Waals surface area contributed by atoms with Gasteiger partial charge in [-0.15, -0.1) is 0 Å². The maximum absolute atomic E-state index is 10.3. The van der Waals surface area contributed by atoms with Crippen molar-refractivity contribution in [2.75, 3.05) is 11.4 Å². The van der Waals surface area contributed by atoms with Gasteiger partial charge in [-0.05, 0) is 26.0 Å². The van der Waals surface area contributed by atoms with E-state index in [2.05, 4.69) is 30.9 Å². The summed E-state index contributed by atoms with van der Waals surface area (Å²) >= 11 is 0. The molecule has 2 heteroatoms. The van der Waals surface area contributed by atoms with E-state index < -0.39 is 0 Å². The number of rotatable bonds is 5. The number of hydrogen-bond donors (Lipinski definition) is 0. The van der Waals surface area contributed by atoms with E-state index in [0.29, 0.717) is 12.5 Å². The molecule has 1 rings (SSSR count). The number of para-hydroxylation sites is 1. The Labute approximate surface area is 85.5 Å². The maximum Gasteiger partial charge on any atom is 0.121 e. The minimum Gasteiger partial charge on any atom is -0.369 e. The van der Waals surface area contributed by atoms with E-state index in [1.807, 2.05) is 18.2 Å². The molecule has 0 aliphatic rings. The molecule has 1 aromatic carbocycles. The summed E-state index contributed by atoms with van der Waals surface area (Å²) in [4.78, 5) is 12.6. The molecule has 0 spiro atoms. The van der Waals surface area contributed by atoms with Crippen LogP contribution in [0.4, 0.5) is 5.69 Å². The third kappa shape index (κ3) is 2.87. The molecule has 0 heterocycles. The zero-order valence-electron chi connectivity index (χ0n) is 8.81. The van der Waals surface area contributed by atoms with E-state index in [1.54, 1.807) is 0 Å². The van der Waals surface area contributed by atoms with Crippen molar-refractivity contribution in [3.63, 3.8) is 0 Å². The zero-order chi connectivity index (χ0) is 10.4. The molecular weight excluding hydrogens is 174 g/mol. The molecule has 0 aliphatic heterocycles. The lowest BCUT2D eigenvalue weighted by atomic mass is 10.2. The molecule has 76 valence electrons. The summed E-state index contributed by atoms with van der Waals surface area (Å²) in [7, 11) is 0. The first kappa shape index (κ1) is 10.8. The van der Waals surface area contributed by atoms with Gasteiger partial charge in [0.1, 0.15) is 6.29 Å². The number of hydrogen-bond acceptors (Lipinski definition) is 2. The first-order valence-electron chi connectivity index (χ1n) is 5.01. The summed E-state index contributed by atoms with van der Waals surface area (Å²) < 4.78 is 0. The van der Waals surface area contributed by atoms with Gasteiger partial charge in [0, 0.05) is 24.7 Å². The molecule has 0 fully saturated rings. The molecule has 0 aliphatic carbocycles. The van der Waals surface area contributed by atoms with Crippen molar-refractivity contribution in [3.8, 4) is 0 Å². The lowest BCUT2D eigenvalue weighted by Crippen LogP contribution is -2.31. The first-order valence-corrected chi connectivity index (χ1v) is 5.01. The average Bonchev–Trinajstić information content (AvgIpc) is 2.19. The number of aldehydes is 1. The SMILES string of the molecule is CC(C)N(CCC=O)c1ccccc1. The predicted octanol–water partition coefficient (Wildman–Crippen LogP) is 2.49. The normalized spacial score (nSPS) is 10.2. The lowest BCUT2D eigenvalue weighted by Gasteiger charge is -2.28. The van der Waals surface area contributed by atoms with E-state index >= 15 is 0 Å². The molecule has 0 atom stereocenters. The Balaban J connectivity index is 2.72. The highest BCUT2D eigenvalue weighted by molar-refractivity contribution is 5.53. The summed E-state index contributed by atoms with van der Waals surface area (Å²) in [5.74, 6) is 0. The maximum atomic E-state index is 10.3. The number of carbonyl (C=O) groups is 1. The van der Waals surface area contributed by atoms with Crippen molar-refractivity contribution in [1.29, 1.82) is 0 Å². The Kier molecular flexibility index (Phi) is 4.17. The number of carbonyl (C=O) groups excluding carboxylic acids is 1. The molecular formula is C12H17NO. The largest absolute Gasteiger partial charge is 0.369 e. The minimum absolute atomic E-state index is 0.428. The van der Waals surface area contributed by atoms with Crippen LogP contribution in [0.2, 0.25) is 0 Å². The van der Waals surface area contributed by atoms with Gasteiger partial charge in [0.25, 0.3) is 0 Å². The van der Waals surface area contributed by atoms with Crippen molar-refractivity contribution in [3.05, 3.63) is 30.3 Å². The summed E-state index contributed by atoms with van der Waals surface area (Å²) in [6.07, 6.45) is 1.56. The summed E-state index contributed by atoms with van der Waals surface area (Å²) in [6.45, 7) is 5.07. The van der Waals surface area contributed by atoms with Crippen molar-refractivity contribution < 1.29 is 4.79 Å². The van der Waals surface area contributed by atoms with Gasteiger partial charge in [-0.1, -0.05) is 18.2 Å². The number of benzene rings is 1. The van der Waals surface area contributed by atoms with Crippen LogP contribution in [0.1, 0.15) is 20.3 Å². The second-order valence-electron chi connectivity index (χ2n) is 3.58. The van der Waals surface area contributed by atoms with Gasteiger partial charge in [0.2, 0.25) is 0 Å². The topological polar surface area (TPSA) is 20.3 Å². The Morgan fingerprint density at radius 3 is 2.43 bits per heavy atom. The van der Waals surface area contributed by atoms with Crippen molar-refractivity contribution in [1.82, 2.24) is 0 Å². The van der Waals surface area contributed by atoms with Crippen LogP contribution < -0.4 is 4.90 Å². The Morgan fingerprint density at radius 2 is 1.93 bits per heavy atom. The molecule has 14 heavy (non-hydrogen) atoms. The lowest BCUT2D eigenvalue weighted by molar-refractivity contribution is -0.107. The Bertz CT molecular complexity index is 269. The molecule has 0 unspecified atom stereocenters. The van der Waals surface area contributed by atoms with Gasteiger partial charge in [-0.25, -0.2) is 0 Å². The second-order valence-corrected chi connectivity index (χ2v) is 3.58. The molecule has 1 aromatic rings. The predicted molar refractivity (Wildman–Crippen MR) is 59.6 cm³/mol. The summed E-state index contributed by atoms with van der Waals surface area (Å²) in [6, 6.07) is 10.6. The van der Waals surface area contributed by atoms with Crippen molar-refractivity contribution in [2.45, 2.75) is 26.3 Å². The van der Waals surface area contributed by atoms with Crippen LogP contribution in [0.3, 0.4) is 0 Å². The summed E-state index contributed by atoms with van der Waals surface area (Å²) in [5, 5.41) is 0. The number of anilines is 1. The van der Waals surface area contributed by atoms with Crippen molar-refractivity contribution >= 4 is 12.0 Å². The quantitative estimate of drug-likeness (QED) is 0.666. The van der Waals surface area contributed by atoms with Crippen LogP contribution >= 0.6 is 0 Å². The van der Waals surface area contributed by atoms with Gasteiger partial charge in [-0.2, -0.15) is 0 Å². The monoisotopic (exact) mass is 191 g/mol. The van der Waals surface area contributed by atoms with E-state index in [0.717, 1.165) is 12.8 Å². The van der Waals surface area contributed by atoms with Crippen LogP contribution in [0.15, 0.2) is 30.3 Å². The molecule has 0 bridgehead atoms. The van der Waals surface area contributed by atoms with E-state index in [-0.39, 0.29) is 0 Å². The fourth-order valence-corrected chi connectivity index (χ4v) is 1.50. The second kappa shape index (κ2) is 5.43. The van der Waals surface area contributed by atoms with Gasteiger partial charge in [0.15, 0.2) is 0 Å². The van der Waals surface area contributed by atoms with Crippen LogP contribution in [0.5, 0.6) is 0 Å². The molecule has 0 saturated carbocycles. The third-order valence-electron chi connectivity index (χ3n) is 2.20. The Morgan fingerprint density at radius 1 is 1.29 bits per heavy atom. The van der Waals surface area contributed by atoms with E-state index in [4.69, 9.17) is 0 Å². The highest BCUT2D eigenvalue weighted by Gasteiger charge is 2.08. The van der Waals surface area contributed by atoms with Gasteiger partial charge < -0.3 is 9.69 Å². The minimum atomic E-state index is 0.428. The highest BCUT2D eigenvalue weighted by Crippen LogP contribution is 2.16. The van der Waals surface area contributed by atoms with Crippen molar-refractivity contribution in [2.24, 2.45) is 0 Å². The van der Waals surface area contributed by atoms with Crippen LogP contribution in [0, 0.1) is 0 Å². The van der Waals surface area contributed by atoms with Crippen LogP contribution in [-0.4, -0.2) is 18.9 Å². The van der Waals surface area contributed by atoms with Gasteiger partial charge in [0.05, 0.1) is 0 Å². The number of nitrogens with zero attached hydrogens (tertiary/aromatic N) is 1. The molecule has 0 amide bonds.